The third-order valence-electron chi connectivity index (χ3n) is 4.53. The summed E-state index contributed by atoms with van der Waals surface area (Å²) in [6.45, 7) is 6.26. The van der Waals surface area contributed by atoms with Crippen LogP contribution in [-0.2, 0) is 0 Å². The van der Waals surface area contributed by atoms with E-state index >= 15 is 0 Å². The molecular formula is C20H23N3O2. The van der Waals surface area contributed by atoms with E-state index < -0.39 is 0 Å². The summed E-state index contributed by atoms with van der Waals surface area (Å²) in [4.78, 5) is 27.1. The summed E-state index contributed by atoms with van der Waals surface area (Å²) in [5.41, 5.74) is 2.79. The highest BCUT2D eigenvalue weighted by molar-refractivity contribution is 6.05. The van der Waals surface area contributed by atoms with Crippen molar-refractivity contribution in [2.24, 2.45) is 0 Å². The van der Waals surface area contributed by atoms with Gasteiger partial charge in [0, 0.05) is 42.5 Å². The van der Waals surface area contributed by atoms with E-state index in [2.05, 4.69) is 10.6 Å². The summed E-state index contributed by atoms with van der Waals surface area (Å²) in [6.07, 6.45) is 0. The molecular weight excluding hydrogens is 314 g/mol. The van der Waals surface area contributed by atoms with Crippen molar-refractivity contribution in [1.82, 2.24) is 10.2 Å². The SMILES string of the molecule is Cc1ccc(C(=O)N2CCNC[C@@H]2C)cc1NC(=O)c1ccccc1. The highest BCUT2D eigenvalue weighted by Crippen LogP contribution is 2.20. The Hall–Kier alpha value is -2.66. The predicted octanol–water partition coefficient (Wildman–Crippen LogP) is 2.68. The minimum atomic E-state index is -0.177. The van der Waals surface area contributed by atoms with E-state index in [0.29, 0.717) is 23.4 Å². The summed E-state index contributed by atoms with van der Waals surface area (Å²) in [5.74, 6) is -0.173. The Bertz CT molecular complexity index is 774. The van der Waals surface area contributed by atoms with Crippen LogP contribution >= 0.6 is 0 Å². The number of piperazine rings is 1. The van der Waals surface area contributed by atoms with E-state index in [1.165, 1.54) is 0 Å². The summed E-state index contributed by atoms with van der Waals surface area (Å²) < 4.78 is 0. The molecule has 130 valence electrons. The maximum atomic E-state index is 12.8. The highest BCUT2D eigenvalue weighted by Gasteiger charge is 2.24. The van der Waals surface area contributed by atoms with Crippen LogP contribution in [0.2, 0.25) is 0 Å². The average molecular weight is 337 g/mol. The molecule has 0 spiro atoms. The van der Waals surface area contributed by atoms with Crippen molar-refractivity contribution in [3.8, 4) is 0 Å². The third-order valence-corrected chi connectivity index (χ3v) is 4.53. The molecule has 2 aromatic carbocycles. The average Bonchev–Trinajstić information content (AvgIpc) is 2.64. The van der Waals surface area contributed by atoms with Gasteiger partial charge in [-0.05, 0) is 43.7 Å². The Balaban J connectivity index is 1.80. The Morgan fingerprint density at radius 3 is 2.60 bits per heavy atom. The fraction of sp³-hybridized carbons (Fsp3) is 0.300. The summed E-state index contributed by atoms with van der Waals surface area (Å²) >= 11 is 0. The van der Waals surface area contributed by atoms with Gasteiger partial charge in [-0.3, -0.25) is 9.59 Å². The second kappa shape index (κ2) is 7.49. The first kappa shape index (κ1) is 17.2. The maximum Gasteiger partial charge on any atom is 0.255 e. The van der Waals surface area contributed by atoms with E-state index in [4.69, 9.17) is 0 Å². The predicted molar refractivity (Wildman–Crippen MR) is 98.9 cm³/mol. The van der Waals surface area contributed by atoms with Gasteiger partial charge in [0.25, 0.3) is 11.8 Å². The molecule has 0 aromatic heterocycles. The highest BCUT2D eigenvalue weighted by atomic mass is 16.2. The largest absolute Gasteiger partial charge is 0.333 e. The first-order valence-corrected chi connectivity index (χ1v) is 8.55. The molecule has 2 aromatic rings. The Labute approximate surface area is 148 Å². The van der Waals surface area contributed by atoms with Crippen molar-refractivity contribution in [3.05, 3.63) is 65.2 Å². The van der Waals surface area contributed by atoms with E-state index in [9.17, 15) is 9.59 Å². The molecule has 1 atom stereocenters. The maximum absolute atomic E-state index is 12.8. The molecule has 0 bridgehead atoms. The zero-order chi connectivity index (χ0) is 17.8. The van der Waals surface area contributed by atoms with Crippen LogP contribution in [0.5, 0.6) is 0 Å². The minimum absolute atomic E-state index is 0.00390. The fourth-order valence-electron chi connectivity index (χ4n) is 2.98. The topological polar surface area (TPSA) is 61.4 Å². The van der Waals surface area contributed by atoms with Gasteiger partial charge in [-0.25, -0.2) is 0 Å². The molecule has 1 fully saturated rings. The molecule has 1 heterocycles. The van der Waals surface area contributed by atoms with Crippen molar-refractivity contribution in [2.45, 2.75) is 19.9 Å². The lowest BCUT2D eigenvalue weighted by atomic mass is 10.1. The number of aryl methyl sites for hydroxylation is 1. The van der Waals surface area contributed by atoms with Gasteiger partial charge >= 0.3 is 0 Å². The number of benzene rings is 2. The van der Waals surface area contributed by atoms with Crippen molar-refractivity contribution < 1.29 is 9.59 Å². The zero-order valence-corrected chi connectivity index (χ0v) is 14.6. The molecule has 2 N–H and O–H groups in total. The molecule has 0 saturated carbocycles. The molecule has 1 saturated heterocycles. The van der Waals surface area contributed by atoms with Gasteiger partial charge in [-0.2, -0.15) is 0 Å². The quantitative estimate of drug-likeness (QED) is 0.905. The summed E-state index contributed by atoms with van der Waals surface area (Å²) in [5, 5.41) is 6.20. The van der Waals surface area contributed by atoms with Crippen LogP contribution in [0.1, 0.15) is 33.2 Å². The fourth-order valence-corrected chi connectivity index (χ4v) is 2.98. The molecule has 1 aliphatic heterocycles. The molecule has 5 heteroatoms. The van der Waals surface area contributed by atoms with E-state index in [1.54, 1.807) is 18.2 Å². The smallest absolute Gasteiger partial charge is 0.255 e. The first-order chi connectivity index (χ1) is 12.1. The number of anilines is 1. The number of hydrogen-bond donors (Lipinski definition) is 2. The van der Waals surface area contributed by atoms with Crippen molar-refractivity contribution in [1.29, 1.82) is 0 Å². The van der Waals surface area contributed by atoms with E-state index in [-0.39, 0.29) is 17.9 Å². The first-order valence-electron chi connectivity index (χ1n) is 8.55. The second-order valence-corrected chi connectivity index (χ2v) is 6.40. The minimum Gasteiger partial charge on any atom is -0.333 e. The number of carbonyl (C=O) groups is 2. The van der Waals surface area contributed by atoms with Gasteiger partial charge in [0.2, 0.25) is 0 Å². The molecule has 0 radical (unpaired) electrons. The molecule has 3 rings (SSSR count). The Morgan fingerprint density at radius 1 is 1.12 bits per heavy atom. The van der Waals surface area contributed by atoms with Crippen LogP contribution in [0.3, 0.4) is 0 Å². The van der Waals surface area contributed by atoms with Crippen molar-refractivity contribution in [2.75, 3.05) is 25.0 Å². The molecule has 0 aliphatic carbocycles. The number of amides is 2. The van der Waals surface area contributed by atoms with E-state index in [0.717, 1.165) is 18.7 Å². The molecule has 5 nitrogen and oxygen atoms in total. The molecule has 25 heavy (non-hydrogen) atoms. The van der Waals surface area contributed by atoms with Crippen LogP contribution in [0, 0.1) is 6.92 Å². The monoisotopic (exact) mass is 337 g/mol. The number of carbonyl (C=O) groups excluding carboxylic acids is 2. The second-order valence-electron chi connectivity index (χ2n) is 6.40. The molecule has 2 amide bonds. The number of nitrogens with zero attached hydrogens (tertiary/aromatic N) is 1. The standard InChI is InChI=1S/C20H23N3O2/c1-14-8-9-17(20(25)23-11-10-21-13-15(23)2)12-18(14)22-19(24)16-6-4-3-5-7-16/h3-9,12,15,21H,10-11,13H2,1-2H3,(H,22,24)/t15-/m0/s1. The van der Waals surface area contributed by atoms with Crippen LogP contribution in [0.25, 0.3) is 0 Å². The third kappa shape index (κ3) is 3.88. The Kier molecular flexibility index (Phi) is 5.14. The number of hydrogen-bond acceptors (Lipinski definition) is 3. The van der Waals surface area contributed by atoms with Gasteiger partial charge < -0.3 is 15.5 Å². The molecule has 1 aliphatic rings. The Morgan fingerprint density at radius 2 is 1.88 bits per heavy atom. The lowest BCUT2D eigenvalue weighted by molar-refractivity contribution is 0.0655. The van der Waals surface area contributed by atoms with Crippen molar-refractivity contribution >= 4 is 17.5 Å². The van der Waals surface area contributed by atoms with Crippen LogP contribution in [0.15, 0.2) is 48.5 Å². The summed E-state index contributed by atoms with van der Waals surface area (Å²) in [7, 11) is 0. The van der Waals surface area contributed by atoms with Gasteiger partial charge in [0.05, 0.1) is 0 Å². The van der Waals surface area contributed by atoms with Crippen molar-refractivity contribution in [3.63, 3.8) is 0 Å². The normalized spacial score (nSPS) is 17.2. The lowest BCUT2D eigenvalue weighted by Crippen LogP contribution is -2.52. The lowest BCUT2D eigenvalue weighted by Gasteiger charge is -2.34. The molecule has 0 unspecified atom stereocenters. The van der Waals surface area contributed by atoms with Gasteiger partial charge in [0.15, 0.2) is 0 Å². The van der Waals surface area contributed by atoms with Crippen LogP contribution in [-0.4, -0.2) is 42.4 Å². The van der Waals surface area contributed by atoms with Gasteiger partial charge in [0.1, 0.15) is 0 Å². The van der Waals surface area contributed by atoms with Gasteiger partial charge in [-0.1, -0.05) is 24.3 Å². The van der Waals surface area contributed by atoms with Gasteiger partial charge in [-0.15, -0.1) is 0 Å². The number of rotatable bonds is 3. The van der Waals surface area contributed by atoms with E-state index in [1.807, 2.05) is 49.1 Å². The summed E-state index contributed by atoms with van der Waals surface area (Å²) in [6, 6.07) is 14.7. The number of nitrogens with one attached hydrogen (secondary N) is 2. The van der Waals surface area contributed by atoms with Crippen LogP contribution in [0.4, 0.5) is 5.69 Å². The zero-order valence-electron chi connectivity index (χ0n) is 14.6. The van der Waals surface area contributed by atoms with Crippen LogP contribution < -0.4 is 10.6 Å².